The van der Waals surface area contributed by atoms with E-state index >= 15 is 0 Å². The molecule has 0 atom stereocenters. The van der Waals surface area contributed by atoms with E-state index in [1.165, 1.54) is 0 Å². The summed E-state index contributed by atoms with van der Waals surface area (Å²) in [5, 5.41) is 2.92. The van der Waals surface area contributed by atoms with Crippen LogP contribution in [-0.2, 0) is 6.54 Å². The lowest BCUT2D eigenvalue weighted by Gasteiger charge is -2.27. The largest absolute Gasteiger partial charge is 0.370 e. The van der Waals surface area contributed by atoms with Crippen LogP contribution in [0.3, 0.4) is 0 Å². The number of aliphatic imine (C=N–C) groups is 1. The first-order valence-electron chi connectivity index (χ1n) is 8.20. The lowest BCUT2D eigenvalue weighted by Crippen LogP contribution is -2.42. The van der Waals surface area contributed by atoms with Crippen molar-refractivity contribution in [1.29, 1.82) is 0 Å². The number of hydrogen-bond donors (Lipinski definition) is 2. The number of guanidine groups is 1. The highest BCUT2D eigenvalue weighted by Gasteiger charge is 2.12. The minimum atomic E-state index is -0.0150. The van der Waals surface area contributed by atoms with Gasteiger partial charge in [-0.3, -0.25) is 4.79 Å². The van der Waals surface area contributed by atoms with Gasteiger partial charge in [0.1, 0.15) is 0 Å². The molecule has 0 aromatic heterocycles. The second kappa shape index (κ2) is 11.6. The van der Waals surface area contributed by atoms with Crippen molar-refractivity contribution in [2.24, 2.45) is 10.7 Å². The number of amides is 1. The Bertz CT molecular complexity index is 530. The van der Waals surface area contributed by atoms with E-state index in [9.17, 15) is 4.79 Å². The molecule has 1 aromatic rings. The number of nitrogens with one attached hydrogen (secondary N) is 1. The summed E-state index contributed by atoms with van der Waals surface area (Å²) in [6.45, 7) is 5.32. The van der Waals surface area contributed by atoms with E-state index < -0.39 is 0 Å². The smallest absolute Gasteiger partial charge is 0.251 e. The van der Waals surface area contributed by atoms with E-state index in [0.29, 0.717) is 18.1 Å². The number of unbranched alkanes of at least 4 members (excludes halogenated alkanes) is 1. The fourth-order valence-electron chi connectivity index (χ4n) is 2.31. The van der Waals surface area contributed by atoms with Crippen LogP contribution in [0.4, 0.5) is 0 Å². The van der Waals surface area contributed by atoms with Gasteiger partial charge in [0, 0.05) is 36.7 Å². The Morgan fingerprint density at radius 2 is 1.96 bits per heavy atom. The van der Waals surface area contributed by atoms with Crippen LogP contribution in [-0.4, -0.2) is 47.9 Å². The van der Waals surface area contributed by atoms with E-state index in [-0.39, 0.29) is 29.9 Å². The second-order valence-corrected chi connectivity index (χ2v) is 6.80. The Balaban J connectivity index is 0.00000288. The van der Waals surface area contributed by atoms with Crippen molar-refractivity contribution >= 4 is 47.6 Å². The average molecular weight is 462 g/mol. The first-order chi connectivity index (χ1) is 11.2. The van der Waals surface area contributed by atoms with E-state index in [1.807, 2.05) is 36.0 Å². The van der Waals surface area contributed by atoms with E-state index in [1.54, 1.807) is 0 Å². The summed E-state index contributed by atoms with van der Waals surface area (Å²) in [4.78, 5) is 18.5. The molecule has 1 amide bonds. The number of carbonyl (C=O) groups excluding carboxylic acids is 1. The molecule has 7 heteroatoms. The molecule has 1 saturated heterocycles. The number of benzene rings is 1. The van der Waals surface area contributed by atoms with E-state index in [2.05, 4.69) is 22.1 Å². The maximum atomic E-state index is 11.9. The van der Waals surface area contributed by atoms with E-state index in [4.69, 9.17) is 5.73 Å². The van der Waals surface area contributed by atoms with Gasteiger partial charge in [-0.05, 0) is 24.1 Å². The fourth-order valence-corrected chi connectivity index (χ4v) is 3.21. The molecular formula is C17H27IN4OS. The number of thioether (sulfide) groups is 1. The van der Waals surface area contributed by atoms with Crippen molar-refractivity contribution in [2.45, 2.75) is 26.3 Å². The van der Waals surface area contributed by atoms with Crippen LogP contribution in [0.25, 0.3) is 0 Å². The van der Waals surface area contributed by atoms with Crippen LogP contribution >= 0.6 is 35.7 Å². The zero-order valence-electron chi connectivity index (χ0n) is 14.2. The van der Waals surface area contributed by atoms with Gasteiger partial charge in [-0.2, -0.15) is 11.8 Å². The highest BCUT2D eigenvalue weighted by atomic mass is 127. The van der Waals surface area contributed by atoms with Crippen molar-refractivity contribution in [1.82, 2.24) is 10.2 Å². The predicted molar refractivity (Wildman–Crippen MR) is 113 cm³/mol. The summed E-state index contributed by atoms with van der Waals surface area (Å²) >= 11 is 1.95. The van der Waals surface area contributed by atoms with Crippen molar-refractivity contribution in [2.75, 3.05) is 31.1 Å². The molecule has 2 rings (SSSR count). The number of nitrogens with two attached hydrogens (primary N) is 1. The number of hydrogen-bond acceptors (Lipinski definition) is 3. The molecule has 0 saturated carbocycles. The third kappa shape index (κ3) is 6.88. The van der Waals surface area contributed by atoms with Gasteiger partial charge < -0.3 is 16.0 Å². The van der Waals surface area contributed by atoms with Crippen LogP contribution in [0, 0.1) is 0 Å². The molecule has 0 unspecified atom stereocenters. The zero-order valence-corrected chi connectivity index (χ0v) is 17.3. The third-order valence-corrected chi connectivity index (χ3v) is 4.73. The monoisotopic (exact) mass is 462 g/mol. The van der Waals surface area contributed by atoms with Gasteiger partial charge in [0.2, 0.25) is 0 Å². The lowest BCUT2D eigenvalue weighted by molar-refractivity contribution is 0.0953. The lowest BCUT2D eigenvalue weighted by atomic mass is 10.1. The number of carbonyl (C=O) groups is 1. The van der Waals surface area contributed by atoms with Crippen LogP contribution in [0.2, 0.25) is 0 Å². The molecule has 1 heterocycles. The van der Waals surface area contributed by atoms with Gasteiger partial charge in [0.15, 0.2) is 5.96 Å². The van der Waals surface area contributed by atoms with Gasteiger partial charge in [-0.25, -0.2) is 4.99 Å². The second-order valence-electron chi connectivity index (χ2n) is 5.58. The van der Waals surface area contributed by atoms with Gasteiger partial charge in [0.05, 0.1) is 6.54 Å². The summed E-state index contributed by atoms with van der Waals surface area (Å²) in [5.74, 6) is 2.82. The van der Waals surface area contributed by atoms with Gasteiger partial charge in [-0.1, -0.05) is 25.5 Å². The highest BCUT2D eigenvalue weighted by molar-refractivity contribution is 14.0. The molecule has 1 aliphatic heterocycles. The Kier molecular flexibility index (Phi) is 10.2. The maximum absolute atomic E-state index is 11.9. The summed E-state index contributed by atoms with van der Waals surface area (Å²) in [6, 6.07) is 7.58. The first kappa shape index (κ1) is 21.1. The highest BCUT2D eigenvalue weighted by Crippen LogP contribution is 2.10. The summed E-state index contributed by atoms with van der Waals surface area (Å²) < 4.78 is 0. The molecule has 1 aliphatic rings. The Morgan fingerprint density at radius 3 is 2.58 bits per heavy atom. The molecule has 0 radical (unpaired) electrons. The number of rotatable bonds is 6. The molecule has 24 heavy (non-hydrogen) atoms. The average Bonchev–Trinajstić information content (AvgIpc) is 2.61. The van der Waals surface area contributed by atoms with Gasteiger partial charge in [0.25, 0.3) is 5.91 Å². The van der Waals surface area contributed by atoms with Gasteiger partial charge in [-0.15, -0.1) is 24.0 Å². The Hall–Kier alpha value is -0.960. The van der Waals surface area contributed by atoms with Crippen LogP contribution < -0.4 is 11.1 Å². The molecular weight excluding hydrogens is 435 g/mol. The number of nitrogens with zero attached hydrogens (tertiary/aromatic N) is 2. The minimum absolute atomic E-state index is 0. The molecule has 3 N–H and O–H groups in total. The van der Waals surface area contributed by atoms with Crippen molar-refractivity contribution in [3.63, 3.8) is 0 Å². The predicted octanol–water partition coefficient (Wildman–Crippen LogP) is 2.70. The topological polar surface area (TPSA) is 70.7 Å². The summed E-state index contributed by atoms with van der Waals surface area (Å²) in [7, 11) is 0. The number of halogens is 1. The Labute approximate surface area is 165 Å². The van der Waals surface area contributed by atoms with Crippen LogP contribution in [0.5, 0.6) is 0 Å². The van der Waals surface area contributed by atoms with Gasteiger partial charge >= 0.3 is 0 Å². The molecule has 0 bridgehead atoms. The van der Waals surface area contributed by atoms with Crippen molar-refractivity contribution < 1.29 is 4.79 Å². The molecule has 0 spiro atoms. The quantitative estimate of drug-likeness (QED) is 0.295. The zero-order chi connectivity index (χ0) is 16.5. The maximum Gasteiger partial charge on any atom is 0.251 e. The normalized spacial score (nSPS) is 14.9. The molecule has 1 fully saturated rings. The standard InChI is InChI=1S/C17H26N4OS.HI/c1-2-3-8-19-16(22)15-6-4-14(5-7-15)13-20-17(18)21-9-11-23-12-10-21;/h4-7H,2-3,8-13H2,1H3,(H2,18,20)(H,19,22);1H. The molecule has 1 aromatic carbocycles. The van der Waals surface area contributed by atoms with Crippen LogP contribution in [0.1, 0.15) is 35.7 Å². The summed E-state index contributed by atoms with van der Waals surface area (Å²) in [6.07, 6.45) is 2.08. The molecule has 5 nitrogen and oxygen atoms in total. The third-order valence-electron chi connectivity index (χ3n) is 3.79. The van der Waals surface area contributed by atoms with E-state index in [0.717, 1.165) is 49.5 Å². The Morgan fingerprint density at radius 1 is 1.29 bits per heavy atom. The minimum Gasteiger partial charge on any atom is -0.370 e. The van der Waals surface area contributed by atoms with Crippen molar-refractivity contribution in [3.05, 3.63) is 35.4 Å². The van der Waals surface area contributed by atoms with Crippen molar-refractivity contribution in [3.8, 4) is 0 Å². The summed E-state index contributed by atoms with van der Waals surface area (Å²) in [5.41, 5.74) is 7.79. The molecule has 0 aliphatic carbocycles. The fraction of sp³-hybridized carbons (Fsp3) is 0.529. The SMILES string of the molecule is CCCCNC(=O)c1ccc(CN=C(N)N2CCSCC2)cc1.I. The molecule has 134 valence electrons. The van der Waals surface area contributed by atoms with Crippen LogP contribution in [0.15, 0.2) is 29.3 Å². The first-order valence-corrected chi connectivity index (χ1v) is 9.36.